The molecule has 1 atom stereocenters. The number of fused-ring (bicyclic) bond motifs is 1. The molecule has 0 aliphatic carbocycles. The highest BCUT2D eigenvalue weighted by molar-refractivity contribution is 6.00. The van der Waals surface area contributed by atoms with Crippen molar-refractivity contribution in [2.45, 2.75) is 32.3 Å². The second kappa shape index (κ2) is 6.52. The summed E-state index contributed by atoms with van der Waals surface area (Å²) in [6.07, 6.45) is 1.25. The van der Waals surface area contributed by atoms with Gasteiger partial charge in [-0.05, 0) is 31.4 Å². The maximum Gasteiger partial charge on any atom is 0.240 e. The van der Waals surface area contributed by atoms with Gasteiger partial charge in [0.1, 0.15) is 6.54 Å². The van der Waals surface area contributed by atoms with Crippen LogP contribution in [0.5, 0.6) is 0 Å². The molecule has 2 rings (SSSR count). The van der Waals surface area contributed by atoms with Crippen molar-refractivity contribution in [3.8, 4) is 0 Å². The second-order valence-electron chi connectivity index (χ2n) is 5.10. The van der Waals surface area contributed by atoms with Gasteiger partial charge in [0.2, 0.25) is 11.8 Å². The molecular weight excluding hydrogens is 256 g/mol. The van der Waals surface area contributed by atoms with Crippen molar-refractivity contribution < 1.29 is 14.7 Å². The zero-order valence-corrected chi connectivity index (χ0v) is 11.6. The van der Waals surface area contributed by atoms with Crippen LogP contribution in [0.4, 0.5) is 5.69 Å². The Morgan fingerprint density at radius 2 is 2.15 bits per heavy atom. The summed E-state index contributed by atoms with van der Waals surface area (Å²) in [6.45, 7) is 2.13. The van der Waals surface area contributed by atoms with Crippen LogP contribution in [0.25, 0.3) is 0 Å². The molecule has 1 aliphatic heterocycles. The van der Waals surface area contributed by atoms with Crippen LogP contribution in [0.2, 0.25) is 0 Å². The Bertz CT molecular complexity index is 500. The fraction of sp³-hybridized carbons (Fsp3) is 0.467. The maximum atomic E-state index is 12.0. The zero-order valence-electron chi connectivity index (χ0n) is 11.6. The van der Waals surface area contributed by atoms with E-state index in [9.17, 15) is 9.59 Å². The molecule has 1 heterocycles. The molecule has 0 bridgehead atoms. The third-order valence-electron chi connectivity index (χ3n) is 3.38. The van der Waals surface area contributed by atoms with Gasteiger partial charge in [-0.15, -0.1) is 0 Å². The number of hydrogen-bond donors (Lipinski definition) is 2. The number of hydrogen-bond acceptors (Lipinski definition) is 3. The molecule has 108 valence electrons. The van der Waals surface area contributed by atoms with E-state index < -0.39 is 6.10 Å². The normalized spacial score (nSPS) is 15.7. The number of nitrogens with zero attached hydrogens (tertiary/aromatic N) is 1. The quantitative estimate of drug-likeness (QED) is 0.838. The molecule has 2 amide bonds. The molecule has 1 unspecified atom stereocenters. The Morgan fingerprint density at radius 3 is 2.90 bits per heavy atom. The summed E-state index contributed by atoms with van der Waals surface area (Å²) >= 11 is 0. The summed E-state index contributed by atoms with van der Waals surface area (Å²) < 4.78 is 0. The summed E-state index contributed by atoms with van der Waals surface area (Å²) in [5, 5.41) is 11.9. The van der Waals surface area contributed by atoms with Crippen LogP contribution in [-0.2, 0) is 16.0 Å². The molecule has 0 fully saturated rings. The minimum absolute atomic E-state index is 0.0191. The van der Waals surface area contributed by atoms with E-state index in [1.807, 2.05) is 24.3 Å². The molecule has 1 aromatic rings. The number of nitrogens with one attached hydrogen (secondary N) is 1. The van der Waals surface area contributed by atoms with Gasteiger partial charge in [0.15, 0.2) is 0 Å². The van der Waals surface area contributed by atoms with Gasteiger partial charge < -0.3 is 15.3 Å². The van der Waals surface area contributed by atoms with Crippen molar-refractivity contribution in [2.24, 2.45) is 0 Å². The first-order valence-electron chi connectivity index (χ1n) is 6.91. The third-order valence-corrected chi connectivity index (χ3v) is 3.38. The number of anilines is 1. The molecule has 20 heavy (non-hydrogen) atoms. The molecule has 1 aromatic carbocycles. The first kappa shape index (κ1) is 14.5. The Morgan fingerprint density at radius 1 is 1.40 bits per heavy atom. The van der Waals surface area contributed by atoms with Gasteiger partial charge >= 0.3 is 0 Å². The van der Waals surface area contributed by atoms with Gasteiger partial charge in [-0.25, -0.2) is 0 Å². The van der Waals surface area contributed by atoms with Crippen LogP contribution >= 0.6 is 0 Å². The van der Waals surface area contributed by atoms with Crippen LogP contribution in [-0.4, -0.2) is 36.1 Å². The zero-order chi connectivity index (χ0) is 14.5. The molecular formula is C15H20N2O3. The predicted octanol–water partition coefficient (Wildman–Crippen LogP) is 0.853. The number of carbonyl (C=O) groups excluding carboxylic acids is 2. The lowest BCUT2D eigenvalue weighted by atomic mass is 10.0. The van der Waals surface area contributed by atoms with Crippen molar-refractivity contribution in [2.75, 3.05) is 18.0 Å². The number of amides is 2. The van der Waals surface area contributed by atoms with Crippen molar-refractivity contribution in [1.82, 2.24) is 5.32 Å². The Labute approximate surface area is 118 Å². The van der Waals surface area contributed by atoms with E-state index in [0.29, 0.717) is 19.4 Å². The monoisotopic (exact) mass is 276 g/mol. The molecule has 0 spiro atoms. The second-order valence-corrected chi connectivity index (χ2v) is 5.10. The smallest absolute Gasteiger partial charge is 0.240 e. The SMILES string of the molecule is CC(O)CCNC(=O)CN1C(=O)CCc2ccccc21. The van der Waals surface area contributed by atoms with Crippen molar-refractivity contribution >= 4 is 17.5 Å². The molecule has 0 radical (unpaired) electrons. The highest BCUT2D eigenvalue weighted by atomic mass is 16.3. The lowest BCUT2D eigenvalue weighted by molar-refractivity contribution is -0.124. The van der Waals surface area contributed by atoms with Gasteiger partial charge in [-0.2, -0.15) is 0 Å². The minimum Gasteiger partial charge on any atom is -0.393 e. The average Bonchev–Trinajstić information content (AvgIpc) is 2.41. The number of benzene rings is 1. The number of aliphatic hydroxyl groups is 1. The van der Waals surface area contributed by atoms with Gasteiger partial charge in [-0.1, -0.05) is 18.2 Å². The first-order valence-corrected chi connectivity index (χ1v) is 6.91. The van der Waals surface area contributed by atoms with Crippen LogP contribution in [0.3, 0.4) is 0 Å². The van der Waals surface area contributed by atoms with Gasteiger partial charge in [0.05, 0.1) is 6.10 Å². The van der Waals surface area contributed by atoms with E-state index in [1.165, 1.54) is 4.90 Å². The Balaban J connectivity index is 1.98. The first-order chi connectivity index (χ1) is 9.58. The van der Waals surface area contributed by atoms with Crippen LogP contribution in [0.1, 0.15) is 25.3 Å². The summed E-state index contributed by atoms with van der Waals surface area (Å²) in [5.41, 5.74) is 1.93. The topological polar surface area (TPSA) is 69.6 Å². The van der Waals surface area contributed by atoms with Crippen LogP contribution in [0, 0.1) is 0 Å². The highest BCUT2D eigenvalue weighted by Gasteiger charge is 2.25. The average molecular weight is 276 g/mol. The minimum atomic E-state index is -0.437. The van der Waals surface area contributed by atoms with Crippen molar-refractivity contribution in [1.29, 1.82) is 0 Å². The third kappa shape index (κ3) is 3.57. The summed E-state index contributed by atoms with van der Waals surface area (Å²) in [6, 6.07) is 7.67. The van der Waals surface area contributed by atoms with Crippen LogP contribution in [0.15, 0.2) is 24.3 Å². The molecule has 0 aromatic heterocycles. The highest BCUT2D eigenvalue weighted by Crippen LogP contribution is 2.26. The summed E-state index contributed by atoms with van der Waals surface area (Å²) in [5.74, 6) is -0.218. The molecule has 1 aliphatic rings. The lowest BCUT2D eigenvalue weighted by Gasteiger charge is -2.28. The van der Waals surface area contributed by atoms with Gasteiger partial charge in [0, 0.05) is 18.7 Å². The standard InChI is InChI=1S/C15H20N2O3/c1-11(18)8-9-16-14(19)10-17-13-5-3-2-4-12(13)6-7-15(17)20/h2-5,11,18H,6-10H2,1H3,(H,16,19). The fourth-order valence-electron chi connectivity index (χ4n) is 2.29. The molecule has 0 saturated heterocycles. The van der Waals surface area contributed by atoms with Crippen molar-refractivity contribution in [3.05, 3.63) is 29.8 Å². The molecule has 5 heteroatoms. The van der Waals surface area contributed by atoms with E-state index in [-0.39, 0.29) is 18.4 Å². The molecule has 0 saturated carbocycles. The maximum absolute atomic E-state index is 12.0. The van der Waals surface area contributed by atoms with E-state index in [4.69, 9.17) is 5.11 Å². The Kier molecular flexibility index (Phi) is 4.74. The van der Waals surface area contributed by atoms with E-state index in [0.717, 1.165) is 17.7 Å². The predicted molar refractivity (Wildman–Crippen MR) is 76.4 cm³/mol. The Hall–Kier alpha value is -1.88. The molecule has 2 N–H and O–H groups in total. The number of aliphatic hydroxyl groups excluding tert-OH is 1. The number of para-hydroxylation sites is 1. The summed E-state index contributed by atoms with van der Waals surface area (Å²) in [4.78, 5) is 25.4. The van der Waals surface area contributed by atoms with Crippen LogP contribution < -0.4 is 10.2 Å². The largest absolute Gasteiger partial charge is 0.393 e. The van der Waals surface area contributed by atoms with E-state index in [2.05, 4.69) is 5.32 Å². The number of rotatable bonds is 5. The van der Waals surface area contributed by atoms with E-state index in [1.54, 1.807) is 6.92 Å². The number of aryl methyl sites for hydroxylation is 1. The van der Waals surface area contributed by atoms with E-state index >= 15 is 0 Å². The molecule has 5 nitrogen and oxygen atoms in total. The summed E-state index contributed by atoms with van der Waals surface area (Å²) in [7, 11) is 0. The lowest BCUT2D eigenvalue weighted by Crippen LogP contribution is -2.43. The number of carbonyl (C=O) groups is 2. The van der Waals surface area contributed by atoms with Gasteiger partial charge in [0.25, 0.3) is 0 Å². The van der Waals surface area contributed by atoms with Crippen molar-refractivity contribution in [3.63, 3.8) is 0 Å². The fourth-order valence-corrected chi connectivity index (χ4v) is 2.29. The van der Waals surface area contributed by atoms with Gasteiger partial charge in [-0.3, -0.25) is 9.59 Å².